The summed E-state index contributed by atoms with van der Waals surface area (Å²) < 4.78 is 22.6. The third kappa shape index (κ3) is 2.61. The number of anilines is 1. The van der Waals surface area contributed by atoms with Gasteiger partial charge in [0.1, 0.15) is 11.5 Å². The molecule has 2 bridgehead atoms. The van der Waals surface area contributed by atoms with E-state index in [1.165, 1.54) is 0 Å². The standard InChI is InChI=1S/C20H22N2O5/c1-20-11-14(13-6-5-7-16(25-3)18(13)27-20)21-19(23)22(20)15-9-8-12(24-2)10-17(15)26-4/h5-10,14H,11H2,1-4H3,(H,21,23)/t14-,20-/m1/s1. The summed E-state index contributed by atoms with van der Waals surface area (Å²) in [4.78, 5) is 14.6. The van der Waals surface area contributed by atoms with Gasteiger partial charge in [-0.1, -0.05) is 12.1 Å². The number of amides is 2. The van der Waals surface area contributed by atoms with Crippen molar-refractivity contribution in [1.29, 1.82) is 0 Å². The van der Waals surface area contributed by atoms with Gasteiger partial charge in [0.15, 0.2) is 17.2 Å². The molecule has 2 amide bonds. The van der Waals surface area contributed by atoms with Crippen LogP contribution in [-0.2, 0) is 0 Å². The molecule has 1 N–H and O–H groups in total. The number of nitrogens with zero attached hydrogens (tertiary/aromatic N) is 1. The highest BCUT2D eigenvalue weighted by molar-refractivity contribution is 5.96. The Kier molecular flexibility index (Phi) is 4.02. The number of ether oxygens (including phenoxy) is 4. The molecule has 1 fully saturated rings. The SMILES string of the molecule is COc1ccc(N2C(=O)N[C@@H]3C[C@@]2(C)Oc2c(OC)cccc23)c(OC)c1. The molecule has 0 saturated carbocycles. The zero-order chi connectivity index (χ0) is 19.2. The van der Waals surface area contributed by atoms with Crippen LogP contribution in [0.4, 0.5) is 10.5 Å². The Balaban J connectivity index is 1.82. The Morgan fingerprint density at radius 3 is 2.59 bits per heavy atom. The quantitative estimate of drug-likeness (QED) is 0.892. The number of methoxy groups -OCH3 is 3. The number of fused-ring (bicyclic) bond motifs is 4. The predicted molar refractivity (Wildman–Crippen MR) is 99.9 cm³/mol. The zero-order valence-corrected chi connectivity index (χ0v) is 15.7. The van der Waals surface area contributed by atoms with E-state index in [-0.39, 0.29) is 12.1 Å². The summed E-state index contributed by atoms with van der Waals surface area (Å²) in [5.74, 6) is 2.46. The molecule has 2 atom stereocenters. The molecule has 0 unspecified atom stereocenters. The van der Waals surface area contributed by atoms with Gasteiger partial charge in [0, 0.05) is 18.1 Å². The van der Waals surface area contributed by atoms with Gasteiger partial charge in [-0.05, 0) is 25.1 Å². The summed E-state index contributed by atoms with van der Waals surface area (Å²) >= 11 is 0. The van der Waals surface area contributed by atoms with Gasteiger partial charge >= 0.3 is 6.03 Å². The number of urea groups is 1. The topological polar surface area (TPSA) is 69.3 Å². The van der Waals surface area contributed by atoms with E-state index in [1.807, 2.05) is 25.1 Å². The Morgan fingerprint density at radius 2 is 1.89 bits per heavy atom. The summed E-state index contributed by atoms with van der Waals surface area (Å²) in [6.07, 6.45) is 0.591. The van der Waals surface area contributed by atoms with E-state index in [4.69, 9.17) is 18.9 Å². The van der Waals surface area contributed by atoms with Crippen LogP contribution in [-0.4, -0.2) is 33.1 Å². The first-order valence-corrected chi connectivity index (χ1v) is 8.69. The lowest BCUT2D eigenvalue weighted by atomic mass is 9.90. The second kappa shape index (κ2) is 6.26. The molecule has 0 spiro atoms. The Hall–Kier alpha value is -3.09. The highest BCUT2D eigenvalue weighted by atomic mass is 16.5. The maximum atomic E-state index is 13.0. The van der Waals surface area contributed by atoms with Gasteiger partial charge in [-0.3, -0.25) is 4.90 Å². The number of carbonyl (C=O) groups excluding carboxylic acids is 1. The molecule has 142 valence electrons. The fourth-order valence-corrected chi connectivity index (χ4v) is 3.86. The largest absolute Gasteiger partial charge is 0.497 e. The normalized spacial score (nSPS) is 23.0. The van der Waals surface area contributed by atoms with Crippen molar-refractivity contribution in [2.75, 3.05) is 26.2 Å². The van der Waals surface area contributed by atoms with Crippen LogP contribution in [0.5, 0.6) is 23.0 Å². The van der Waals surface area contributed by atoms with E-state index >= 15 is 0 Å². The fourth-order valence-electron chi connectivity index (χ4n) is 3.86. The van der Waals surface area contributed by atoms with E-state index in [9.17, 15) is 4.79 Å². The summed E-state index contributed by atoms with van der Waals surface area (Å²) in [6.45, 7) is 1.90. The molecule has 2 aromatic rings. The van der Waals surface area contributed by atoms with Crippen LogP contribution in [0.25, 0.3) is 0 Å². The molecule has 4 rings (SSSR count). The van der Waals surface area contributed by atoms with Crippen LogP contribution in [0.15, 0.2) is 36.4 Å². The Morgan fingerprint density at radius 1 is 1.11 bits per heavy atom. The number of nitrogens with one attached hydrogen (secondary N) is 1. The number of benzene rings is 2. The number of hydrogen-bond donors (Lipinski definition) is 1. The van der Waals surface area contributed by atoms with Crippen LogP contribution in [0.3, 0.4) is 0 Å². The summed E-state index contributed by atoms with van der Waals surface area (Å²) in [5, 5.41) is 3.07. The summed E-state index contributed by atoms with van der Waals surface area (Å²) in [5.41, 5.74) is 0.632. The molecule has 2 heterocycles. The average molecular weight is 370 g/mol. The number of carbonyl (C=O) groups is 1. The van der Waals surface area contributed by atoms with Crippen molar-refractivity contribution < 1.29 is 23.7 Å². The molecule has 2 aromatic carbocycles. The van der Waals surface area contributed by atoms with Crippen molar-refractivity contribution in [2.45, 2.75) is 25.1 Å². The molecular formula is C20H22N2O5. The molecule has 27 heavy (non-hydrogen) atoms. The van der Waals surface area contributed by atoms with Crippen molar-refractivity contribution in [2.24, 2.45) is 0 Å². The molecule has 2 aliphatic rings. The van der Waals surface area contributed by atoms with Gasteiger partial charge < -0.3 is 24.3 Å². The molecule has 1 saturated heterocycles. The van der Waals surface area contributed by atoms with Crippen LogP contribution in [0.1, 0.15) is 24.9 Å². The summed E-state index contributed by atoms with van der Waals surface area (Å²) in [6, 6.07) is 10.6. The van der Waals surface area contributed by atoms with Gasteiger partial charge in [-0.15, -0.1) is 0 Å². The van der Waals surface area contributed by atoms with E-state index in [2.05, 4.69) is 5.32 Å². The second-order valence-corrected chi connectivity index (χ2v) is 6.74. The highest BCUT2D eigenvalue weighted by Gasteiger charge is 2.51. The fraction of sp³-hybridized carbons (Fsp3) is 0.350. The van der Waals surface area contributed by atoms with E-state index in [1.54, 1.807) is 44.4 Å². The molecule has 0 radical (unpaired) electrons. The Bertz CT molecular complexity index is 900. The first-order valence-electron chi connectivity index (χ1n) is 8.69. The lowest BCUT2D eigenvalue weighted by molar-refractivity contribution is 0.0346. The van der Waals surface area contributed by atoms with E-state index in [0.29, 0.717) is 35.1 Å². The smallest absolute Gasteiger partial charge is 0.325 e. The first-order chi connectivity index (χ1) is 13.0. The number of hydrogen-bond acceptors (Lipinski definition) is 5. The van der Waals surface area contributed by atoms with Gasteiger partial charge in [0.05, 0.1) is 33.1 Å². The lowest BCUT2D eigenvalue weighted by Crippen LogP contribution is -2.65. The van der Waals surface area contributed by atoms with Crippen LogP contribution >= 0.6 is 0 Å². The third-order valence-corrected chi connectivity index (χ3v) is 5.11. The Labute approximate surface area is 157 Å². The van der Waals surface area contributed by atoms with Crippen LogP contribution < -0.4 is 29.2 Å². The lowest BCUT2D eigenvalue weighted by Gasteiger charge is -2.50. The summed E-state index contributed by atoms with van der Waals surface area (Å²) in [7, 11) is 4.75. The minimum atomic E-state index is -0.892. The third-order valence-electron chi connectivity index (χ3n) is 5.11. The molecule has 0 aliphatic carbocycles. The zero-order valence-electron chi connectivity index (χ0n) is 15.7. The van der Waals surface area contributed by atoms with Gasteiger partial charge in [0.25, 0.3) is 0 Å². The molecular weight excluding hydrogens is 348 g/mol. The van der Waals surface area contributed by atoms with E-state index < -0.39 is 5.72 Å². The second-order valence-electron chi connectivity index (χ2n) is 6.74. The van der Waals surface area contributed by atoms with Gasteiger partial charge in [0.2, 0.25) is 0 Å². The van der Waals surface area contributed by atoms with Crippen molar-refractivity contribution in [3.63, 3.8) is 0 Å². The van der Waals surface area contributed by atoms with Gasteiger partial charge in [-0.2, -0.15) is 0 Å². The minimum absolute atomic E-state index is 0.151. The monoisotopic (exact) mass is 370 g/mol. The first kappa shape index (κ1) is 17.3. The maximum Gasteiger partial charge on any atom is 0.325 e. The van der Waals surface area contributed by atoms with Crippen LogP contribution in [0, 0.1) is 0 Å². The van der Waals surface area contributed by atoms with Gasteiger partial charge in [-0.25, -0.2) is 4.79 Å². The van der Waals surface area contributed by atoms with Crippen molar-refractivity contribution >= 4 is 11.7 Å². The van der Waals surface area contributed by atoms with Crippen molar-refractivity contribution in [3.05, 3.63) is 42.0 Å². The maximum absolute atomic E-state index is 13.0. The molecule has 7 nitrogen and oxygen atoms in total. The van der Waals surface area contributed by atoms with E-state index in [0.717, 1.165) is 5.56 Å². The van der Waals surface area contributed by atoms with Crippen molar-refractivity contribution in [1.82, 2.24) is 5.32 Å². The average Bonchev–Trinajstić information content (AvgIpc) is 2.67. The number of rotatable bonds is 4. The van der Waals surface area contributed by atoms with Crippen LogP contribution in [0.2, 0.25) is 0 Å². The molecule has 0 aromatic heterocycles. The highest BCUT2D eigenvalue weighted by Crippen LogP contribution is 2.50. The molecule has 7 heteroatoms. The number of para-hydroxylation sites is 1. The van der Waals surface area contributed by atoms with Crippen molar-refractivity contribution in [3.8, 4) is 23.0 Å². The minimum Gasteiger partial charge on any atom is -0.497 e. The molecule has 2 aliphatic heterocycles. The predicted octanol–water partition coefficient (Wildman–Crippen LogP) is 3.48.